The third-order valence-electron chi connectivity index (χ3n) is 4.11. The first-order valence-corrected chi connectivity index (χ1v) is 12.4. The zero-order valence-corrected chi connectivity index (χ0v) is 18.2. The van der Waals surface area contributed by atoms with Gasteiger partial charge in [-0.15, -0.1) is 0 Å². The quantitative estimate of drug-likeness (QED) is 0.529. The van der Waals surface area contributed by atoms with Gasteiger partial charge in [-0.2, -0.15) is 0 Å². The Morgan fingerprint density at radius 2 is 1.39 bits per heavy atom. The second kappa shape index (κ2) is 8.06. The van der Waals surface area contributed by atoms with Crippen LogP contribution in [0.25, 0.3) is 0 Å². The molecule has 0 heterocycles. The van der Waals surface area contributed by atoms with Gasteiger partial charge in [-0.25, -0.2) is 16.8 Å². The third-order valence-corrected chi connectivity index (χ3v) is 7.99. The second-order valence-corrected chi connectivity index (χ2v) is 10.9. The molecule has 3 rings (SSSR count). The lowest BCUT2D eigenvalue weighted by molar-refractivity contribution is 0.589. The van der Waals surface area contributed by atoms with E-state index in [4.69, 9.17) is 0 Å². The highest BCUT2D eigenvalue weighted by atomic mass is 79.9. The maximum atomic E-state index is 13.5. The van der Waals surface area contributed by atoms with E-state index in [9.17, 15) is 16.8 Å². The molecule has 3 aromatic rings. The largest absolute Gasteiger partial charge is 0.265 e. The average Bonchev–Trinajstić information content (AvgIpc) is 2.67. The molecule has 0 aliphatic heterocycles. The van der Waals surface area contributed by atoms with E-state index >= 15 is 0 Å². The molecule has 0 aliphatic rings. The van der Waals surface area contributed by atoms with Crippen molar-refractivity contribution in [2.24, 2.45) is 0 Å². The fourth-order valence-corrected chi connectivity index (χ4v) is 5.82. The van der Waals surface area contributed by atoms with Crippen molar-refractivity contribution in [3.63, 3.8) is 0 Å². The van der Waals surface area contributed by atoms with Crippen molar-refractivity contribution in [1.29, 1.82) is 0 Å². The van der Waals surface area contributed by atoms with E-state index in [1.807, 2.05) is 30.3 Å². The third kappa shape index (κ3) is 4.45. The molecule has 0 amide bonds. The van der Waals surface area contributed by atoms with Crippen LogP contribution in [0.3, 0.4) is 0 Å². The molecule has 0 spiro atoms. The van der Waals surface area contributed by atoms with Crippen molar-refractivity contribution in [2.45, 2.75) is 16.3 Å². The van der Waals surface area contributed by atoms with Crippen LogP contribution in [0.1, 0.15) is 5.56 Å². The molecule has 0 atom stereocenters. The number of nitrogens with zero attached hydrogens (tertiary/aromatic N) is 1. The van der Waals surface area contributed by atoms with E-state index < -0.39 is 19.9 Å². The highest BCUT2D eigenvalue weighted by Gasteiger charge is 2.28. The lowest BCUT2D eigenvalue weighted by Crippen LogP contribution is -2.31. The van der Waals surface area contributed by atoms with Gasteiger partial charge in [-0.3, -0.25) is 4.31 Å². The molecular weight excluding hydrogens is 462 g/mol. The number of halogens is 1. The van der Waals surface area contributed by atoms with E-state index in [0.29, 0.717) is 10.2 Å². The van der Waals surface area contributed by atoms with Crippen LogP contribution in [0.4, 0.5) is 5.69 Å². The summed E-state index contributed by atoms with van der Waals surface area (Å²) in [6.07, 6.45) is 1.05. The van der Waals surface area contributed by atoms with Crippen LogP contribution >= 0.6 is 15.9 Å². The highest BCUT2D eigenvalue weighted by molar-refractivity contribution is 9.10. The molecule has 0 aromatic heterocycles. The Hall–Kier alpha value is -2.16. The Balaban J connectivity index is 2.16. The van der Waals surface area contributed by atoms with Crippen LogP contribution < -0.4 is 4.31 Å². The van der Waals surface area contributed by atoms with E-state index in [1.54, 1.807) is 30.3 Å². The van der Waals surface area contributed by atoms with Gasteiger partial charge in [0.2, 0.25) is 0 Å². The lowest BCUT2D eigenvalue weighted by Gasteiger charge is -2.25. The summed E-state index contributed by atoms with van der Waals surface area (Å²) in [5.74, 6) is 0. The van der Waals surface area contributed by atoms with Crippen molar-refractivity contribution in [3.05, 3.63) is 88.9 Å². The summed E-state index contributed by atoms with van der Waals surface area (Å²) in [7, 11) is -7.60. The van der Waals surface area contributed by atoms with Gasteiger partial charge in [0.15, 0.2) is 9.84 Å². The zero-order valence-electron chi connectivity index (χ0n) is 15.0. The number of benzene rings is 3. The van der Waals surface area contributed by atoms with Gasteiger partial charge in [-0.05, 0) is 51.8 Å². The summed E-state index contributed by atoms with van der Waals surface area (Å²) in [5, 5.41) is 0. The average molecular weight is 480 g/mol. The molecule has 0 bridgehead atoms. The van der Waals surface area contributed by atoms with E-state index in [1.165, 1.54) is 22.5 Å². The SMILES string of the molecule is CS(=O)(=O)c1ccc(Br)c(S(=O)(=O)N(Cc2ccccc2)c2ccccc2)c1. The van der Waals surface area contributed by atoms with Crippen molar-refractivity contribution in [1.82, 2.24) is 0 Å². The van der Waals surface area contributed by atoms with Crippen LogP contribution in [0.2, 0.25) is 0 Å². The normalized spacial score (nSPS) is 11.9. The maximum Gasteiger partial charge on any atom is 0.265 e. The predicted molar refractivity (Wildman–Crippen MR) is 114 cm³/mol. The van der Waals surface area contributed by atoms with Gasteiger partial charge in [-0.1, -0.05) is 48.5 Å². The maximum absolute atomic E-state index is 13.5. The van der Waals surface area contributed by atoms with E-state index in [2.05, 4.69) is 15.9 Å². The molecule has 0 saturated carbocycles. The number of sulfonamides is 1. The van der Waals surface area contributed by atoms with Crippen molar-refractivity contribution in [2.75, 3.05) is 10.6 Å². The van der Waals surface area contributed by atoms with Gasteiger partial charge in [0.05, 0.1) is 17.1 Å². The van der Waals surface area contributed by atoms with E-state index in [-0.39, 0.29) is 16.3 Å². The summed E-state index contributed by atoms with van der Waals surface area (Å²) in [5.41, 5.74) is 1.30. The number of sulfone groups is 1. The molecule has 0 fully saturated rings. The summed E-state index contributed by atoms with van der Waals surface area (Å²) in [4.78, 5) is -0.155. The Labute approximate surface area is 173 Å². The topological polar surface area (TPSA) is 71.5 Å². The van der Waals surface area contributed by atoms with Gasteiger partial charge < -0.3 is 0 Å². The van der Waals surface area contributed by atoms with Gasteiger partial charge in [0.25, 0.3) is 10.0 Å². The number of hydrogen-bond acceptors (Lipinski definition) is 4. The summed E-state index contributed by atoms with van der Waals surface area (Å²) in [6, 6.07) is 21.9. The van der Waals surface area contributed by atoms with Crippen LogP contribution in [0.15, 0.2) is 93.1 Å². The van der Waals surface area contributed by atoms with Crippen LogP contribution in [-0.2, 0) is 26.4 Å². The molecule has 0 saturated heterocycles. The first kappa shape index (κ1) is 20.6. The molecular formula is C20H18BrNO4S2. The van der Waals surface area contributed by atoms with Gasteiger partial charge >= 0.3 is 0 Å². The van der Waals surface area contributed by atoms with Crippen LogP contribution in [0.5, 0.6) is 0 Å². The van der Waals surface area contributed by atoms with Crippen molar-refractivity contribution in [3.8, 4) is 0 Å². The minimum absolute atomic E-state index is 0.0537. The number of anilines is 1. The number of hydrogen-bond donors (Lipinski definition) is 0. The molecule has 5 nitrogen and oxygen atoms in total. The number of rotatable bonds is 6. The van der Waals surface area contributed by atoms with Gasteiger partial charge in [0.1, 0.15) is 4.90 Å². The number of para-hydroxylation sites is 1. The molecule has 0 aliphatic carbocycles. The smallest absolute Gasteiger partial charge is 0.262 e. The minimum Gasteiger partial charge on any atom is -0.262 e. The monoisotopic (exact) mass is 479 g/mol. The van der Waals surface area contributed by atoms with Crippen molar-refractivity contribution >= 4 is 41.5 Å². The molecule has 0 radical (unpaired) electrons. The lowest BCUT2D eigenvalue weighted by atomic mass is 10.2. The highest BCUT2D eigenvalue weighted by Crippen LogP contribution is 2.31. The molecule has 146 valence electrons. The predicted octanol–water partition coefficient (Wildman–Crippen LogP) is 4.25. The fraction of sp³-hybridized carbons (Fsp3) is 0.100. The zero-order chi connectivity index (χ0) is 20.4. The first-order valence-electron chi connectivity index (χ1n) is 8.31. The van der Waals surface area contributed by atoms with Crippen LogP contribution in [0, 0.1) is 0 Å². The Kier molecular flexibility index (Phi) is 5.92. The first-order chi connectivity index (χ1) is 13.2. The fourth-order valence-electron chi connectivity index (χ4n) is 2.69. The minimum atomic E-state index is -4.04. The Bertz CT molecular complexity index is 1180. The van der Waals surface area contributed by atoms with Gasteiger partial charge in [0, 0.05) is 10.7 Å². The Morgan fingerprint density at radius 1 is 0.821 bits per heavy atom. The molecule has 8 heteroatoms. The molecule has 0 unspecified atom stereocenters. The summed E-state index contributed by atoms with van der Waals surface area (Å²) < 4.78 is 52.5. The standard InChI is InChI=1S/C20H18BrNO4S2/c1-27(23,24)18-12-13-19(21)20(14-18)28(25,26)22(17-10-6-3-7-11-17)15-16-8-4-2-5-9-16/h2-14H,15H2,1H3. The Morgan fingerprint density at radius 3 is 1.96 bits per heavy atom. The summed E-state index contributed by atoms with van der Waals surface area (Å²) in [6.45, 7) is 0.114. The van der Waals surface area contributed by atoms with Crippen molar-refractivity contribution < 1.29 is 16.8 Å². The second-order valence-electron chi connectivity index (χ2n) is 6.20. The summed E-state index contributed by atoms with van der Waals surface area (Å²) >= 11 is 3.26. The molecule has 0 N–H and O–H groups in total. The van der Waals surface area contributed by atoms with Crippen LogP contribution in [-0.4, -0.2) is 23.1 Å². The van der Waals surface area contributed by atoms with E-state index in [0.717, 1.165) is 11.8 Å². The molecule has 28 heavy (non-hydrogen) atoms. The molecule has 3 aromatic carbocycles.